The molecule has 1 heterocycles. The van der Waals surface area contributed by atoms with E-state index in [0.717, 1.165) is 11.1 Å². The Kier molecular flexibility index (Phi) is 9.08. The summed E-state index contributed by atoms with van der Waals surface area (Å²) in [5.41, 5.74) is 2.17. The number of carbonyl (C=O) groups is 1. The standard InChI is InChI=1S/C27H27Cl2FN2O4S/c28-25-2-1-3-26(29)24(25)18-37(34,35)32-14-12-21(13-15-32)27(33)31-16-19-6-10-23(11-7-19)36-17-20-4-8-22(30)9-5-20/h1-11,21H,12-18H2,(H,31,33). The topological polar surface area (TPSA) is 75.7 Å². The van der Waals surface area contributed by atoms with Gasteiger partial charge in [-0.05, 0) is 60.4 Å². The van der Waals surface area contributed by atoms with Crippen molar-refractivity contribution in [3.63, 3.8) is 0 Å². The fourth-order valence-electron chi connectivity index (χ4n) is 4.12. The van der Waals surface area contributed by atoms with Crippen molar-refractivity contribution < 1.29 is 22.3 Å². The maximum Gasteiger partial charge on any atom is 0.223 e. The number of hydrogen-bond donors (Lipinski definition) is 1. The van der Waals surface area contributed by atoms with Gasteiger partial charge in [0.05, 0.1) is 5.75 Å². The number of piperidine rings is 1. The number of halogens is 3. The van der Waals surface area contributed by atoms with Crippen LogP contribution < -0.4 is 10.1 Å². The minimum Gasteiger partial charge on any atom is -0.489 e. The first kappa shape index (κ1) is 27.4. The highest BCUT2D eigenvalue weighted by Gasteiger charge is 2.31. The molecule has 3 aromatic carbocycles. The van der Waals surface area contributed by atoms with Crippen molar-refractivity contribution in [2.45, 2.75) is 31.7 Å². The van der Waals surface area contributed by atoms with Crippen LogP contribution in [0, 0.1) is 11.7 Å². The number of amides is 1. The van der Waals surface area contributed by atoms with Crippen LogP contribution in [0.1, 0.15) is 29.5 Å². The highest BCUT2D eigenvalue weighted by Crippen LogP contribution is 2.29. The van der Waals surface area contributed by atoms with E-state index in [9.17, 15) is 17.6 Å². The summed E-state index contributed by atoms with van der Waals surface area (Å²) >= 11 is 12.3. The zero-order valence-corrected chi connectivity index (χ0v) is 22.3. The first-order valence-corrected chi connectivity index (χ1v) is 14.2. The Morgan fingerprint density at radius 3 is 2.16 bits per heavy atom. The molecule has 3 aromatic rings. The second-order valence-corrected chi connectivity index (χ2v) is 11.7. The summed E-state index contributed by atoms with van der Waals surface area (Å²) in [5, 5.41) is 3.58. The molecule has 4 rings (SSSR count). The Morgan fingerprint density at radius 2 is 1.54 bits per heavy atom. The quantitative estimate of drug-likeness (QED) is 0.368. The summed E-state index contributed by atoms with van der Waals surface area (Å²) in [5.74, 6) is -0.238. The number of carbonyl (C=O) groups excluding carboxylic acids is 1. The first-order chi connectivity index (χ1) is 17.7. The van der Waals surface area contributed by atoms with Gasteiger partial charge in [-0.25, -0.2) is 17.1 Å². The van der Waals surface area contributed by atoms with Gasteiger partial charge in [-0.15, -0.1) is 0 Å². The zero-order chi connectivity index (χ0) is 26.4. The number of nitrogens with one attached hydrogen (secondary N) is 1. The number of benzene rings is 3. The predicted octanol–water partition coefficient (Wildman–Crippen LogP) is 5.57. The van der Waals surface area contributed by atoms with Crippen LogP contribution >= 0.6 is 23.2 Å². The van der Waals surface area contributed by atoms with Crippen LogP contribution in [0.25, 0.3) is 0 Å². The minimum absolute atomic E-state index is 0.0946. The van der Waals surface area contributed by atoms with Gasteiger partial charge in [-0.2, -0.15) is 0 Å². The van der Waals surface area contributed by atoms with Crippen LogP contribution in [-0.4, -0.2) is 31.7 Å². The van der Waals surface area contributed by atoms with Crippen LogP contribution in [-0.2, 0) is 33.7 Å². The molecule has 0 radical (unpaired) electrons. The van der Waals surface area contributed by atoms with Crippen molar-refractivity contribution in [1.82, 2.24) is 9.62 Å². The van der Waals surface area contributed by atoms with Crippen molar-refractivity contribution in [3.05, 3.63) is 99.3 Å². The van der Waals surface area contributed by atoms with Gasteiger partial charge >= 0.3 is 0 Å². The van der Waals surface area contributed by atoms with E-state index in [1.165, 1.54) is 16.4 Å². The molecule has 1 aliphatic rings. The fraction of sp³-hybridized carbons (Fsp3) is 0.296. The molecule has 1 fully saturated rings. The van der Waals surface area contributed by atoms with Crippen LogP contribution in [0.4, 0.5) is 4.39 Å². The lowest BCUT2D eigenvalue weighted by Gasteiger charge is -2.30. The van der Waals surface area contributed by atoms with E-state index in [1.54, 1.807) is 30.3 Å². The number of nitrogens with zero attached hydrogens (tertiary/aromatic N) is 1. The number of ether oxygens (including phenoxy) is 1. The number of hydrogen-bond acceptors (Lipinski definition) is 4. The number of rotatable bonds is 9. The molecular weight excluding hydrogens is 538 g/mol. The van der Waals surface area contributed by atoms with Gasteiger partial charge in [0.25, 0.3) is 0 Å². The van der Waals surface area contributed by atoms with E-state index in [2.05, 4.69) is 5.32 Å². The summed E-state index contributed by atoms with van der Waals surface area (Å²) in [6.45, 7) is 1.22. The smallest absolute Gasteiger partial charge is 0.223 e. The molecule has 196 valence electrons. The van der Waals surface area contributed by atoms with Crippen molar-refractivity contribution in [2.24, 2.45) is 5.92 Å². The molecule has 6 nitrogen and oxygen atoms in total. The van der Waals surface area contributed by atoms with Crippen LogP contribution in [0.15, 0.2) is 66.7 Å². The lowest BCUT2D eigenvalue weighted by Crippen LogP contribution is -2.43. The predicted molar refractivity (Wildman–Crippen MR) is 142 cm³/mol. The second kappa shape index (κ2) is 12.3. The van der Waals surface area contributed by atoms with Gasteiger partial charge in [0.1, 0.15) is 18.2 Å². The van der Waals surface area contributed by atoms with E-state index < -0.39 is 10.0 Å². The molecule has 0 atom stereocenters. The average molecular weight is 565 g/mol. The molecule has 0 aromatic heterocycles. The molecule has 0 spiro atoms. The van der Waals surface area contributed by atoms with E-state index >= 15 is 0 Å². The van der Waals surface area contributed by atoms with Crippen LogP contribution in [0.5, 0.6) is 5.75 Å². The molecule has 1 N–H and O–H groups in total. The summed E-state index contributed by atoms with van der Waals surface area (Å²) in [6.07, 6.45) is 0.884. The second-order valence-electron chi connectivity index (χ2n) is 8.91. The maximum absolute atomic E-state index is 13.0. The molecule has 0 unspecified atom stereocenters. The van der Waals surface area contributed by atoms with E-state index in [-0.39, 0.29) is 36.5 Å². The SMILES string of the molecule is O=C(NCc1ccc(OCc2ccc(F)cc2)cc1)C1CCN(S(=O)(=O)Cc2c(Cl)cccc2Cl)CC1. The van der Waals surface area contributed by atoms with Crippen molar-refractivity contribution >= 4 is 39.1 Å². The normalized spacial score (nSPS) is 14.9. The molecule has 0 saturated carbocycles. The Hall–Kier alpha value is -2.65. The van der Waals surface area contributed by atoms with Crippen LogP contribution in [0.2, 0.25) is 10.0 Å². The van der Waals surface area contributed by atoms with E-state index in [4.69, 9.17) is 27.9 Å². The first-order valence-electron chi connectivity index (χ1n) is 11.9. The van der Waals surface area contributed by atoms with Gasteiger partial charge in [-0.1, -0.05) is 53.5 Å². The summed E-state index contributed by atoms with van der Waals surface area (Å²) in [6, 6.07) is 18.4. The molecule has 0 aliphatic carbocycles. The van der Waals surface area contributed by atoms with Gasteiger partial charge in [0, 0.05) is 41.2 Å². The monoisotopic (exact) mass is 564 g/mol. The number of sulfonamides is 1. The molecule has 37 heavy (non-hydrogen) atoms. The molecule has 1 aliphatic heterocycles. The third-order valence-corrected chi connectivity index (χ3v) is 8.83. The third-order valence-electron chi connectivity index (χ3n) is 6.32. The van der Waals surface area contributed by atoms with Gasteiger partial charge < -0.3 is 10.1 Å². The van der Waals surface area contributed by atoms with Crippen molar-refractivity contribution in [3.8, 4) is 5.75 Å². The summed E-state index contributed by atoms with van der Waals surface area (Å²) in [4.78, 5) is 12.7. The maximum atomic E-state index is 13.0. The Morgan fingerprint density at radius 1 is 0.946 bits per heavy atom. The van der Waals surface area contributed by atoms with Gasteiger partial charge in [0.15, 0.2) is 0 Å². The lowest BCUT2D eigenvalue weighted by molar-refractivity contribution is -0.126. The van der Waals surface area contributed by atoms with E-state index in [1.807, 2.05) is 24.3 Å². The molecule has 10 heteroatoms. The highest BCUT2D eigenvalue weighted by molar-refractivity contribution is 7.88. The van der Waals surface area contributed by atoms with E-state index in [0.29, 0.717) is 47.4 Å². The molecule has 1 saturated heterocycles. The summed E-state index contributed by atoms with van der Waals surface area (Å²) < 4.78 is 45.9. The van der Waals surface area contributed by atoms with Gasteiger partial charge in [0.2, 0.25) is 15.9 Å². The van der Waals surface area contributed by atoms with Crippen molar-refractivity contribution in [1.29, 1.82) is 0 Å². The molecule has 1 amide bonds. The largest absolute Gasteiger partial charge is 0.489 e. The van der Waals surface area contributed by atoms with Crippen molar-refractivity contribution in [2.75, 3.05) is 13.1 Å². The zero-order valence-electron chi connectivity index (χ0n) is 20.0. The molecular formula is C27H27Cl2FN2O4S. The third kappa shape index (κ3) is 7.45. The average Bonchev–Trinajstić information content (AvgIpc) is 2.90. The Bertz CT molecular complexity index is 1310. The minimum atomic E-state index is -3.61. The fourth-order valence-corrected chi connectivity index (χ4v) is 6.44. The Balaban J connectivity index is 1.22. The van der Waals surface area contributed by atoms with Crippen LogP contribution in [0.3, 0.4) is 0 Å². The van der Waals surface area contributed by atoms with Gasteiger partial charge in [-0.3, -0.25) is 4.79 Å². The highest BCUT2D eigenvalue weighted by atomic mass is 35.5. The molecule has 0 bridgehead atoms. The Labute approximate surface area is 226 Å². The summed E-state index contributed by atoms with van der Waals surface area (Å²) in [7, 11) is -3.61. The lowest BCUT2D eigenvalue weighted by atomic mass is 9.97.